The maximum Gasteiger partial charge on any atom is 0.333 e. The molecule has 0 aliphatic heterocycles. The van der Waals surface area contributed by atoms with Crippen molar-refractivity contribution in [3.05, 3.63) is 15.5 Å². The minimum absolute atomic E-state index is 0.0156. The maximum absolute atomic E-state index is 10.6. The van der Waals surface area contributed by atoms with Crippen LogP contribution in [-0.2, 0) is 16.0 Å². The first-order valence-corrected chi connectivity index (χ1v) is 6.60. The number of carbonyl (C=O) groups is 2. The number of hydrogen-bond acceptors (Lipinski definition) is 7. The first-order chi connectivity index (χ1) is 8.43. The van der Waals surface area contributed by atoms with E-state index in [1.807, 2.05) is 0 Å². The lowest BCUT2D eigenvalue weighted by atomic mass is 10.3. The van der Waals surface area contributed by atoms with E-state index < -0.39 is 18.0 Å². The molecule has 1 heterocycles. The van der Waals surface area contributed by atoms with Gasteiger partial charge in [-0.05, 0) is 6.92 Å². The summed E-state index contributed by atoms with van der Waals surface area (Å²) in [5, 5.41) is 19.8. The van der Waals surface area contributed by atoms with Crippen LogP contribution in [0.2, 0.25) is 0 Å². The van der Waals surface area contributed by atoms with Crippen LogP contribution < -0.4 is 0 Å². The first kappa shape index (κ1) is 14.6. The van der Waals surface area contributed by atoms with E-state index in [4.69, 9.17) is 10.2 Å². The van der Waals surface area contributed by atoms with Crippen molar-refractivity contribution in [1.82, 2.24) is 4.98 Å². The van der Waals surface area contributed by atoms with E-state index in [2.05, 4.69) is 10.2 Å². The SMILES string of the molecule is Cc1nc(SCC(N=O)C(=O)O)sc1CC(=O)O. The van der Waals surface area contributed by atoms with Gasteiger partial charge < -0.3 is 10.2 Å². The Morgan fingerprint density at radius 1 is 1.50 bits per heavy atom. The van der Waals surface area contributed by atoms with E-state index in [9.17, 15) is 14.5 Å². The fourth-order valence-corrected chi connectivity index (χ4v) is 3.29. The Hall–Kier alpha value is -1.48. The van der Waals surface area contributed by atoms with Gasteiger partial charge in [0.05, 0.1) is 12.1 Å². The van der Waals surface area contributed by atoms with Crippen LogP contribution in [-0.4, -0.2) is 38.9 Å². The quantitative estimate of drug-likeness (QED) is 0.575. The lowest BCUT2D eigenvalue weighted by Gasteiger charge is -2.00. The Kier molecular flexibility index (Phi) is 5.23. The fraction of sp³-hybridized carbons (Fsp3) is 0.444. The summed E-state index contributed by atoms with van der Waals surface area (Å²) in [4.78, 5) is 36.1. The molecule has 0 saturated carbocycles. The number of hydrogen-bond donors (Lipinski definition) is 2. The van der Waals surface area contributed by atoms with Gasteiger partial charge in [-0.1, -0.05) is 16.9 Å². The van der Waals surface area contributed by atoms with Gasteiger partial charge in [-0.15, -0.1) is 16.2 Å². The summed E-state index contributed by atoms with van der Waals surface area (Å²) in [5.74, 6) is -2.24. The summed E-state index contributed by atoms with van der Waals surface area (Å²) in [6, 6.07) is -1.32. The highest BCUT2D eigenvalue weighted by atomic mass is 32.2. The van der Waals surface area contributed by atoms with Crippen LogP contribution in [0.15, 0.2) is 9.52 Å². The molecule has 0 bridgehead atoms. The molecule has 2 N–H and O–H groups in total. The molecule has 7 nitrogen and oxygen atoms in total. The number of aliphatic carboxylic acids is 2. The highest BCUT2D eigenvalue weighted by Gasteiger charge is 2.19. The zero-order chi connectivity index (χ0) is 13.7. The van der Waals surface area contributed by atoms with E-state index in [-0.39, 0.29) is 12.2 Å². The van der Waals surface area contributed by atoms with Crippen molar-refractivity contribution < 1.29 is 19.8 Å². The maximum atomic E-state index is 10.6. The summed E-state index contributed by atoms with van der Waals surface area (Å²) < 4.78 is 0.540. The van der Waals surface area contributed by atoms with Crippen molar-refractivity contribution in [1.29, 1.82) is 0 Å². The predicted molar refractivity (Wildman–Crippen MR) is 66.1 cm³/mol. The van der Waals surface area contributed by atoms with Gasteiger partial charge in [-0.25, -0.2) is 9.78 Å². The third-order valence-electron chi connectivity index (χ3n) is 1.96. The van der Waals surface area contributed by atoms with Gasteiger partial charge in [-0.3, -0.25) is 4.79 Å². The molecule has 0 radical (unpaired) electrons. The Labute approximate surface area is 110 Å². The normalized spacial score (nSPS) is 12.1. The van der Waals surface area contributed by atoms with Gasteiger partial charge in [0.25, 0.3) is 0 Å². The van der Waals surface area contributed by atoms with Crippen LogP contribution >= 0.6 is 23.1 Å². The summed E-state index contributed by atoms with van der Waals surface area (Å²) in [6.45, 7) is 1.69. The Bertz CT molecular complexity index is 474. The third kappa shape index (κ3) is 4.08. The van der Waals surface area contributed by atoms with Crippen molar-refractivity contribution >= 4 is 35.0 Å². The molecule has 0 amide bonds. The van der Waals surface area contributed by atoms with Gasteiger partial charge >= 0.3 is 11.9 Å². The van der Waals surface area contributed by atoms with Crippen molar-refractivity contribution in [2.75, 3.05) is 5.75 Å². The highest BCUT2D eigenvalue weighted by molar-refractivity contribution is 8.01. The Morgan fingerprint density at radius 2 is 2.17 bits per heavy atom. The predicted octanol–water partition coefficient (Wildman–Crippen LogP) is 1.39. The molecule has 0 fully saturated rings. The largest absolute Gasteiger partial charge is 0.481 e. The minimum Gasteiger partial charge on any atom is -0.481 e. The molecule has 1 aromatic rings. The van der Waals surface area contributed by atoms with Crippen molar-refractivity contribution in [3.63, 3.8) is 0 Å². The number of thiazole rings is 1. The van der Waals surface area contributed by atoms with Gasteiger partial charge in [0.15, 0.2) is 6.04 Å². The monoisotopic (exact) mass is 290 g/mol. The zero-order valence-corrected chi connectivity index (χ0v) is 11.0. The lowest BCUT2D eigenvalue weighted by Crippen LogP contribution is -2.19. The topological polar surface area (TPSA) is 117 Å². The van der Waals surface area contributed by atoms with Gasteiger partial charge in [0, 0.05) is 10.6 Å². The average Bonchev–Trinajstić information content (AvgIpc) is 2.59. The first-order valence-electron chi connectivity index (χ1n) is 4.80. The number of rotatable bonds is 7. The number of aromatic nitrogens is 1. The van der Waals surface area contributed by atoms with Gasteiger partial charge in [0.1, 0.15) is 4.34 Å². The van der Waals surface area contributed by atoms with E-state index in [1.165, 1.54) is 11.3 Å². The molecule has 1 atom stereocenters. The average molecular weight is 290 g/mol. The molecular formula is C9H10N2O5S2. The molecule has 1 rings (SSSR count). The molecule has 0 aliphatic carbocycles. The third-order valence-corrected chi connectivity index (χ3v) is 4.34. The molecule has 18 heavy (non-hydrogen) atoms. The summed E-state index contributed by atoms with van der Waals surface area (Å²) >= 11 is 2.27. The number of carboxylic acids is 2. The van der Waals surface area contributed by atoms with Gasteiger partial charge in [0.2, 0.25) is 0 Å². The minimum atomic E-state index is -1.32. The molecule has 0 aromatic carbocycles. The van der Waals surface area contributed by atoms with Crippen LogP contribution in [0.25, 0.3) is 0 Å². The van der Waals surface area contributed by atoms with E-state index in [1.54, 1.807) is 6.92 Å². The van der Waals surface area contributed by atoms with Crippen molar-refractivity contribution in [3.8, 4) is 0 Å². The summed E-state index contributed by atoms with van der Waals surface area (Å²) in [7, 11) is 0. The van der Waals surface area contributed by atoms with Crippen molar-refractivity contribution in [2.24, 2.45) is 5.18 Å². The van der Waals surface area contributed by atoms with E-state index in [0.29, 0.717) is 14.9 Å². The number of carboxylic acid groups (broad SMARTS) is 2. The van der Waals surface area contributed by atoms with E-state index in [0.717, 1.165) is 11.8 Å². The van der Waals surface area contributed by atoms with Crippen LogP contribution in [0.4, 0.5) is 0 Å². The molecular weight excluding hydrogens is 280 g/mol. The number of nitroso groups, excluding NO2 is 1. The van der Waals surface area contributed by atoms with Crippen LogP contribution in [0.5, 0.6) is 0 Å². The Balaban J connectivity index is 2.65. The standard InChI is InChI=1S/C9H10N2O5S2/c1-4-6(2-7(12)13)18-9(10-4)17-3-5(11-16)8(14)15/h5H,2-3H2,1H3,(H,12,13)(H,14,15). The second-order valence-electron chi connectivity index (χ2n) is 3.33. The summed E-state index contributed by atoms with van der Waals surface area (Å²) in [6.07, 6.45) is -0.113. The second-order valence-corrected chi connectivity index (χ2v) is 5.68. The zero-order valence-electron chi connectivity index (χ0n) is 9.32. The second kappa shape index (κ2) is 6.45. The molecule has 98 valence electrons. The van der Waals surface area contributed by atoms with Crippen LogP contribution in [0.3, 0.4) is 0 Å². The smallest absolute Gasteiger partial charge is 0.333 e. The number of thioether (sulfide) groups is 1. The fourth-order valence-electron chi connectivity index (χ4n) is 1.06. The molecule has 1 aromatic heterocycles. The molecule has 9 heteroatoms. The highest BCUT2D eigenvalue weighted by Crippen LogP contribution is 2.28. The van der Waals surface area contributed by atoms with Crippen LogP contribution in [0, 0.1) is 11.8 Å². The molecule has 0 spiro atoms. The number of aryl methyl sites for hydroxylation is 1. The molecule has 0 aliphatic rings. The molecule has 1 unspecified atom stereocenters. The Morgan fingerprint density at radius 3 is 2.67 bits per heavy atom. The lowest BCUT2D eigenvalue weighted by molar-refractivity contribution is -0.138. The molecule has 0 saturated heterocycles. The summed E-state index contributed by atoms with van der Waals surface area (Å²) in [5.41, 5.74) is 0.607. The van der Waals surface area contributed by atoms with Crippen LogP contribution in [0.1, 0.15) is 10.6 Å². The van der Waals surface area contributed by atoms with Crippen molar-refractivity contribution in [2.45, 2.75) is 23.7 Å². The number of nitrogens with zero attached hydrogens (tertiary/aromatic N) is 2. The van der Waals surface area contributed by atoms with Gasteiger partial charge in [-0.2, -0.15) is 0 Å². The van der Waals surface area contributed by atoms with E-state index >= 15 is 0 Å².